The maximum absolute atomic E-state index is 6.14. The first kappa shape index (κ1) is 23.0. The zero-order chi connectivity index (χ0) is 21.4. The van der Waals surface area contributed by atoms with E-state index in [0.29, 0.717) is 5.02 Å². The van der Waals surface area contributed by atoms with Gasteiger partial charge in [-0.25, -0.2) is 0 Å². The summed E-state index contributed by atoms with van der Waals surface area (Å²) in [5.74, 6) is 0. The summed E-state index contributed by atoms with van der Waals surface area (Å²) in [5, 5.41) is 0.674. The molecular weight excluding hydrogens is 422 g/mol. The molecular formula is C24H25ClFeN3. The van der Waals surface area contributed by atoms with Gasteiger partial charge in [-0.1, -0.05) is 29.8 Å². The molecule has 3 aromatic rings. The Labute approximate surface area is 186 Å². The van der Waals surface area contributed by atoms with Crippen LogP contribution in [0.3, 0.4) is 0 Å². The van der Waals surface area contributed by atoms with Gasteiger partial charge < -0.3 is 0 Å². The van der Waals surface area contributed by atoms with Crippen molar-refractivity contribution < 1.29 is 16.0 Å². The Morgan fingerprint density at radius 3 is 1.93 bits per heavy atom. The molecule has 0 N–H and O–H groups in total. The molecule has 0 aliphatic heterocycles. The monoisotopic (exact) mass is 446 g/mol. The van der Waals surface area contributed by atoms with Gasteiger partial charge in [-0.3, -0.25) is 9.98 Å². The van der Waals surface area contributed by atoms with Crippen molar-refractivity contribution in [2.24, 2.45) is 9.98 Å². The molecule has 1 aromatic heterocycles. The van der Waals surface area contributed by atoms with Crippen molar-refractivity contribution in [3.05, 3.63) is 88.2 Å². The number of nitrogens with zero attached hydrogens (tertiary/aromatic N) is 3. The van der Waals surface area contributed by atoms with Crippen molar-refractivity contribution in [1.82, 2.24) is 4.98 Å². The summed E-state index contributed by atoms with van der Waals surface area (Å²) in [6.07, 6.45) is 3.54. The van der Waals surface area contributed by atoms with Crippen LogP contribution in [-0.2, 0) is 16.0 Å². The predicted molar refractivity (Wildman–Crippen MR) is 121 cm³/mol. The Bertz CT molecular complexity index is 983. The molecule has 0 radical (unpaired) electrons. The van der Waals surface area contributed by atoms with Crippen molar-refractivity contribution in [1.29, 1.82) is 0 Å². The van der Waals surface area contributed by atoms with Crippen LogP contribution in [0.2, 0.25) is 5.02 Å². The van der Waals surface area contributed by atoms with Crippen LogP contribution >= 0.6 is 11.6 Å². The summed E-state index contributed by atoms with van der Waals surface area (Å²) < 4.78 is 0.854. The van der Waals surface area contributed by atoms with Gasteiger partial charge in [0.05, 0.1) is 10.7 Å². The fraction of sp³-hybridized carbons (Fsp3) is 0.208. The Hall–Kier alpha value is -2.26. The molecule has 0 saturated carbocycles. The van der Waals surface area contributed by atoms with Crippen LogP contribution in [0.1, 0.15) is 36.1 Å². The van der Waals surface area contributed by atoms with E-state index in [1.807, 2.05) is 57.2 Å². The molecule has 3 rings (SSSR count). The quantitative estimate of drug-likeness (QED) is 0.313. The standard InChI is InChI=1S/C14H13ClN2.C10H12N.Fe/c1-10-5-3-7-13(15)14(10)17-11(2)12-6-4-8-16-9-12;1-4-11-10-8(2)6-5-7-9(10)3;/h3-9H,1-2H3;5-7H,1-3H3;. The molecule has 0 amide bonds. The molecule has 0 aliphatic rings. The molecule has 0 spiro atoms. The number of pyridine rings is 1. The van der Waals surface area contributed by atoms with Crippen LogP contribution in [0.15, 0.2) is 70.9 Å². The Kier molecular flexibility index (Phi) is 8.78. The molecule has 0 unspecified atom stereocenters. The van der Waals surface area contributed by atoms with Crippen LogP contribution in [0.25, 0.3) is 0 Å². The number of hydrogen-bond acceptors (Lipinski definition) is 3. The molecule has 1 heterocycles. The van der Waals surface area contributed by atoms with Crippen molar-refractivity contribution in [2.75, 3.05) is 0 Å². The van der Waals surface area contributed by atoms with E-state index in [-0.39, 0.29) is 0 Å². The van der Waals surface area contributed by atoms with E-state index < -0.39 is 0 Å². The second-order valence-corrected chi connectivity index (χ2v) is 7.88. The zero-order valence-corrected chi connectivity index (χ0v) is 19.2. The molecule has 0 atom stereocenters. The molecule has 29 heavy (non-hydrogen) atoms. The van der Waals surface area contributed by atoms with Crippen LogP contribution < -0.4 is 0 Å². The van der Waals surface area contributed by atoms with E-state index in [4.69, 9.17) is 11.6 Å². The molecule has 0 bridgehead atoms. The average Bonchev–Trinajstić information content (AvgIpc) is 2.69. The van der Waals surface area contributed by atoms with Gasteiger partial charge in [0.25, 0.3) is 0 Å². The predicted octanol–water partition coefficient (Wildman–Crippen LogP) is 7.08. The van der Waals surface area contributed by atoms with Crippen LogP contribution in [0, 0.1) is 20.8 Å². The molecule has 0 aliphatic carbocycles. The Morgan fingerprint density at radius 1 is 0.828 bits per heavy atom. The molecule has 3 nitrogen and oxygen atoms in total. The van der Waals surface area contributed by atoms with Gasteiger partial charge in [0, 0.05) is 23.7 Å². The molecule has 0 saturated heterocycles. The maximum atomic E-state index is 6.14. The van der Waals surface area contributed by atoms with Crippen molar-refractivity contribution >= 4 is 33.3 Å². The van der Waals surface area contributed by atoms with Gasteiger partial charge >= 0.3 is 81.4 Å². The van der Waals surface area contributed by atoms with Gasteiger partial charge in [0.15, 0.2) is 0 Å². The third-order valence-corrected chi connectivity index (χ3v) is 4.68. The molecule has 0 fully saturated rings. The second kappa shape index (κ2) is 11.1. The van der Waals surface area contributed by atoms with E-state index in [1.165, 1.54) is 11.1 Å². The van der Waals surface area contributed by atoms with E-state index in [9.17, 15) is 0 Å². The zero-order valence-electron chi connectivity index (χ0n) is 17.3. The first-order valence-corrected chi connectivity index (χ1v) is 10.2. The van der Waals surface area contributed by atoms with E-state index in [2.05, 4.69) is 57.0 Å². The second-order valence-electron chi connectivity index (χ2n) is 6.68. The van der Waals surface area contributed by atoms with Crippen LogP contribution in [-0.4, -0.2) is 15.3 Å². The van der Waals surface area contributed by atoms with Gasteiger partial charge in [0.2, 0.25) is 0 Å². The topological polar surface area (TPSA) is 37.6 Å². The Morgan fingerprint density at radius 2 is 1.41 bits per heavy atom. The minimum atomic E-state index is 0.674. The average molecular weight is 447 g/mol. The van der Waals surface area contributed by atoms with Crippen LogP contribution in [0.4, 0.5) is 11.4 Å². The Balaban J connectivity index is 0.000000221. The number of rotatable bonds is 3. The van der Waals surface area contributed by atoms with Gasteiger partial charge in [-0.2, -0.15) is 0 Å². The van der Waals surface area contributed by atoms with E-state index in [0.717, 1.165) is 32.8 Å². The summed E-state index contributed by atoms with van der Waals surface area (Å²) in [6.45, 7) is 10.00. The van der Waals surface area contributed by atoms with E-state index in [1.54, 1.807) is 12.4 Å². The number of aromatic nitrogens is 1. The number of hydrogen-bond donors (Lipinski definition) is 0. The number of para-hydroxylation sites is 2. The summed E-state index contributed by atoms with van der Waals surface area (Å²) in [5.41, 5.74) is 7.29. The molecule has 151 valence electrons. The first-order valence-electron chi connectivity index (χ1n) is 9.26. The third kappa shape index (κ3) is 6.93. The van der Waals surface area contributed by atoms with Gasteiger partial charge in [0.1, 0.15) is 0 Å². The number of aliphatic imine (C=N–C) groups is 2. The van der Waals surface area contributed by atoms with Gasteiger partial charge in [-0.15, -0.1) is 0 Å². The fourth-order valence-electron chi connectivity index (χ4n) is 2.71. The third-order valence-electron chi connectivity index (χ3n) is 4.25. The normalized spacial score (nSPS) is 11.7. The van der Waals surface area contributed by atoms with E-state index >= 15 is 0 Å². The van der Waals surface area contributed by atoms with Gasteiger partial charge in [-0.05, 0) is 31.5 Å². The summed E-state index contributed by atoms with van der Waals surface area (Å²) >= 11 is 9.90. The molecule has 5 heteroatoms. The number of halogens is 1. The summed E-state index contributed by atoms with van der Waals surface area (Å²) in [4.78, 5) is 13.0. The minimum absolute atomic E-state index is 0.674. The summed E-state index contributed by atoms with van der Waals surface area (Å²) in [6, 6.07) is 15.8. The van der Waals surface area contributed by atoms with Crippen LogP contribution in [0.5, 0.6) is 0 Å². The number of benzene rings is 2. The van der Waals surface area contributed by atoms with Crippen molar-refractivity contribution in [2.45, 2.75) is 34.6 Å². The fourth-order valence-corrected chi connectivity index (χ4v) is 3.09. The van der Waals surface area contributed by atoms with Crippen molar-refractivity contribution in [3.63, 3.8) is 0 Å². The van der Waals surface area contributed by atoms with Crippen molar-refractivity contribution in [3.8, 4) is 0 Å². The summed E-state index contributed by atoms with van der Waals surface area (Å²) in [7, 11) is 0. The SMILES string of the molecule is CC(=Nc1c(C)cccc1Cl)c1cccnc1.C[C]([Fe])=Nc1c(C)cccc1C. The first-order chi connectivity index (χ1) is 13.8. The molecule has 2 aromatic carbocycles. The number of aryl methyl sites for hydroxylation is 3.